The van der Waals surface area contributed by atoms with E-state index in [9.17, 15) is 19.7 Å². The molecule has 0 bridgehead atoms. The summed E-state index contributed by atoms with van der Waals surface area (Å²) in [6.45, 7) is 1.77. The lowest BCUT2D eigenvalue weighted by Crippen LogP contribution is -2.25. The largest absolute Gasteiger partial charge is 0.482 e. The number of amides is 1. The molecule has 0 aliphatic rings. The van der Waals surface area contributed by atoms with Gasteiger partial charge in [0.15, 0.2) is 6.61 Å². The van der Waals surface area contributed by atoms with Gasteiger partial charge in [-0.3, -0.25) is 14.9 Å². The Kier molecular flexibility index (Phi) is 6.87. The third-order valence-electron chi connectivity index (χ3n) is 3.91. The second-order valence-corrected chi connectivity index (χ2v) is 5.79. The molecule has 0 atom stereocenters. The highest BCUT2D eigenvalue weighted by Gasteiger charge is 2.16. The molecule has 0 saturated heterocycles. The zero-order valence-electron chi connectivity index (χ0n) is 14.8. The zero-order chi connectivity index (χ0) is 19.8. The standard InChI is InChI=1S/C19H20N2O6/c1-2-14-5-6-15(11-17(14)21(25)26)19(24)20-10-9-13-3-7-16(8-4-13)27-12-18(22)23/h3-8,11H,2,9-10,12H2,1H3,(H,20,24)(H,22,23). The van der Waals surface area contributed by atoms with E-state index in [1.807, 2.05) is 6.92 Å². The van der Waals surface area contributed by atoms with E-state index in [-0.39, 0.29) is 17.2 Å². The number of rotatable bonds is 9. The summed E-state index contributed by atoms with van der Waals surface area (Å²) in [6.07, 6.45) is 1.07. The Morgan fingerprint density at radius 1 is 1.19 bits per heavy atom. The van der Waals surface area contributed by atoms with Crippen LogP contribution in [0.3, 0.4) is 0 Å². The molecule has 0 aliphatic heterocycles. The van der Waals surface area contributed by atoms with Crippen LogP contribution in [0, 0.1) is 10.1 Å². The number of hydrogen-bond donors (Lipinski definition) is 2. The predicted molar refractivity (Wildman–Crippen MR) is 98.1 cm³/mol. The first kappa shape index (κ1) is 19.9. The quantitative estimate of drug-likeness (QED) is 0.516. The molecule has 0 fully saturated rings. The van der Waals surface area contributed by atoms with E-state index in [4.69, 9.17) is 9.84 Å². The number of carboxylic acids is 1. The number of aliphatic carboxylic acids is 1. The van der Waals surface area contributed by atoms with Crippen LogP contribution >= 0.6 is 0 Å². The Hall–Kier alpha value is -3.42. The minimum Gasteiger partial charge on any atom is -0.482 e. The molecule has 2 aromatic rings. The first-order valence-electron chi connectivity index (χ1n) is 8.39. The van der Waals surface area contributed by atoms with Gasteiger partial charge in [0.1, 0.15) is 5.75 Å². The summed E-state index contributed by atoms with van der Waals surface area (Å²) < 4.78 is 5.05. The SMILES string of the molecule is CCc1ccc(C(=O)NCCc2ccc(OCC(=O)O)cc2)cc1[N+](=O)[O-]. The number of nitro groups is 1. The van der Waals surface area contributed by atoms with Gasteiger partial charge in [0, 0.05) is 23.7 Å². The molecule has 0 spiro atoms. The highest BCUT2D eigenvalue weighted by atomic mass is 16.6. The van der Waals surface area contributed by atoms with Gasteiger partial charge in [-0.2, -0.15) is 0 Å². The lowest BCUT2D eigenvalue weighted by Gasteiger charge is -2.08. The van der Waals surface area contributed by atoms with Crippen LogP contribution in [0.5, 0.6) is 5.75 Å². The first-order valence-corrected chi connectivity index (χ1v) is 8.39. The zero-order valence-corrected chi connectivity index (χ0v) is 14.8. The van der Waals surface area contributed by atoms with E-state index in [0.717, 1.165) is 5.56 Å². The van der Waals surface area contributed by atoms with Crippen LogP contribution in [0.25, 0.3) is 0 Å². The Bertz CT molecular complexity index is 833. The molecule has 2 N–H and O–H groups in total. The molecule has 0 unspecified atom stereocenters. The van der Waals surface area contributed by atoms with Crippen LogP contribution in [-0.4, -0.2) is 35.1 Å². The monoisotopic (exact) mass is 372 g/mol. The second-order valence-electron chi connectivity index (χ2n) is 5.79. The molecule has 0 aliphatic carbocycles. The van der Waals surface area contributed by atoms with E-state index in [1.165, 1.54) is 6.07 Å². The number of hydrogen-bond acceptors (Lipinski definition) is 5. The average Bonchev–Trinajstić information content (AvgIpc) is 2.66. The van der Waals surface area contributed by atoms with Crippen LogP contribution in [-0.2, 0) is 17.6 Å². The number of carbonyl (C=O) groups is 2. The van der Waals surface area contributed by atoms with Crippen molar-refractivity contribution in [3.8, 4) is 5.75 Å². The fourth-order valence-corrected chi connectivity index (χ4v) is 2.49. The number of nitro benzene ring substituents is 1. The number of nitrogens with zero attached hydrogens (tertiary/aromatic N) is 1. The lowest BCUT2D eigenvalue weighted by molar-refractivity contribution is -0.385. The summed E-state index contributed by atoms with van der Waals surface area (Å²) in [5.41, 5.74) is 1.71. The average molecular weight is 372 g/mol. The second kappa shape index (κ2) is 9.33. The molecule has 0 heterocycles. The Morgan fingerprint density at radius 3 is 2.48 bits per heavy atom. The molecule has 27 heavy (non-hydrogen) atoms. The predicted octanol–water partition coefficient (Wildman–Crippen LogP) is 2.59. The molecule has 2 rings (SSSR count). The molecule has 142 valence electrons. The minimum absolute atomic E-state index is 0.0536. The number of nitrogens with one attached hydrogen (secondary N) is 1. The minimum atomic E-state index is -1.05. The van der Waals surface area contributed by atoms with Gasteiger partial charge < -0.3 is 15.2 Å². The van der Waals surface area contributed by atoms with Crippen molar-refractivity contribution in [2.45, 2.75) is 19.8 Å². The normalized spacial score (nSPS) is 10.3. The maximum absolute atomic E-state index is 12.2. The van der Waals surface area contributed by atoms with Crippen molar-refractivity contribution in [3.05, 3.63) is 69.3 Å². The summed E-state index contributed by atoms with van der Waals surface area (Å²) in [6, 6.07) is 11.4. The van der Waals surface area contributed by atoms with Gasteiger partial charge >= 0.3 is 5.97 Å². The van der Waals surface area contributed by atoms with Crippen LogP contribution in [0.4, 0.5) is 5.69 Å². The number of ether oxygens (including phenoxy) is 1. The summed E-state index contributed by atoms with van der Waals surface area (Å²) >= 11 is 0. The van der Waals surface area contributed by atoms with Crippen molar-refractivity contribution < 1.29 is 24.4 Å². The molecular formula is C19H20N2O6. The maximum atomic E-state index is 12.2. The number of carboxylic acid groups (broad SMARTS) is 1. The van der Waals surface area contributed by atoms with E-state index in [1.54, 1.807) is 36.4 Å². The lowest BCUT2D eigenvalue weighted by atomic mass is 10.1. The van der Waals surface area contributed by atoms with Crippen LogP contribution in [0.2, 0.25) is 0 Å². The van der Waals surface area contributed by atoms with Crippen LogP contribution < -0.4 is 10.1 Å². The Labute approximate surface area is 155 Å². The van der Waals surface area contributed by atoms with Crippen LogP contribution in [0.1, 0.15) is 28.4 Å². The highest BCUT2D eigenvalue weighted by molar-refractivity contribution is 5.95. The van der Waals surface area contributed by atoms with Crippen molar-refractivity contribution in [1.82, 2.24) is 5.32 Å². The molecule has 1 amide bonds. The summed E-state index contributed by atoms with van der Waals surface area (Å²) in [4.78, 5) is 33.3. The van der Waals surface area contributed by atoms with Crippen molar-refractivity contribution in [2.24, 2.45) is 0 Å². The van der Waals surface area contributed by atoms with E-state index in [2.05, 4.69) is 5.32 Å². The molecule has 0 saturated carbocycles. The molecule has 8 nitrogen and oxygen atoms in total. The van der Waals surface area contributed by atoms with Gasteiger partial charge in [-0.15, -0.1) is 0 Å². The number of aryl methyl sites for hydroxylation is 1. The fraction of sp³-hybridized carbons (Fsp3) is 0.263. The molecule has 0 radical (unpaired) electrons. The highest BCUT2D eigenvalue weighted by Crippen LogP contribution is 2.21. The topological polar surface area (TPSA) is 119 Å². The van der Waals surface area contributed by atoms with Gasteiger partial charge in [-0.25, -0.2) is 4.79 Å². The Balaban J connectivity index is 1.89. The van der Waals surface area contributed by atoms with Gasteiger partial charge in [-0.1, -0.05) is 25.1 Å². The Morgan fingerprint density at radius 2 is 1.89 bits per heavy atom. The summed E-state index contributed by atoms with van der Waals surface area (Å²) in [5, 5.41) is 22.4. The van der Waals surface area contributed by atoms with Crippen molar-refractivity contribution in [2.75, 3.05) is 13.2 Å². The van der Waals surface area contributed by atoms with E-state index in [0.29, 0.717) is 30.7 Å². The number of carbonyl (C=O) groups excluding carboxylic acids is 1. The van der Waals surface area contributed by atoms with Gasteiger partial charge in [0.2, 0.25) is 0 Å². The van der Waals surface area contributed by atoms with E-state index >= 15 is 0 Å². The van der Waals surface area contributed by atoms with Gasteiger partial charge in [0.05, 0.1) is 4.92 Å². The summed E-state index contributed by atoms with van der Waals surface area (Å²) in [7, 11) is 0. The van der Waals surface area contributed by atoms with Crippen LogP contribution in [0.15, 0.2) is 42.5 Å². The fourth-order valence-electron chi connectivity index (χ4n) is 2.49. The smallest absolute Gasteiger partial charge is 0.341 e. The van der Waals surface area contributed by atoms with Gasteiger partial charge in [0.25, 0.3) is 11.6 Å². The molecule has 2 aromatic carbocycles. The van der Waals surface area contributed by atoms with E-state index < -0.39 is 17.5 Å². The third kappa shape index (κ3) is 5.81. The summed E-state index contributed by atoms with van der Waals surface area (Å²) in [5.74, 6) is -0.968. The molecule has 0 aromatic heterocycles. The van der Waals surface area contributed by atoms with Crippen molar-refractivity contribution in [3.63, 3.8) is 0 Å². The third-order valence-corrected chi connectivity index (χ3v) is 3.91. The van der Waals surface area contributed by atoms with Crippen molar-refractivity contribution in [1.29, 1.82) is 0 Å². The van der Waals surface area contributed by atoms with Crippen molar-refractivity contribution >= 4 is 17.6 Å². The molecular weight excluding hydrogens is 352 g/mol. The maximum Gasteiger partial charge on any atom is 0.341 e. The van der Waals surface area contributed by atoms with Gasteiger partial charge in [-0.05, 0) is 36.6 Å². The first-order chi connectivity index (χ1) is 12.9. The molecule has 8 heteroatoms. The number of benzene rings is 2.